The summed E-state index contributed by atoms with van der Waals surface area (Å²) in [6.07, 6.45) is 2.08. The number of aliphatic hydroxyl groups is 1. The Morgan fingerprint density at radius 3 is 2.53 bits per heavy atom. The third kappa shape index (κ3) is 4.89. The molecule has 6 nitrogen and oxygen atoms in total. The molecule has 0 saturated carbocycles. The Balaban J connectivity index is 0.00000274. The molecule has 0 aliphatic carbocycles. The monoisotopic (exact) mass is 488 g/mol. The zero-order valence-corrected chi connectivity index (χ0v) is 19.7. The largest absolute Gasteiger partial charge is 0.391 e. The molecule has 182 valence electrons. The fraction of sp³-hybridized carbons (Fsp3) is 0.462. The van der Waals surface area contributed by atoms with Crippen LogP contribution in [0.15, 0.2) is 42.5 Å². The number of Topliss-reactive ketones (excluding diaryl/α,β-unsaturated/α-hetero) is 1. The van der Waals surface area contributed by atoms with Crippen LogP contribution in [0.3, 0.4) is 0 Å². The molecule has 2 aromatic rings. The molecule has 4 atom stereocenters. The number of nitrogens with zero attached hydrogens (tertiary/aromatic N) is 1. The second kappa shape index (κ2) is 10.5. The minimum atomic E-state index is -0.706. The molecule has 0 aromatic heterocycles. The summed E-state index contributed by atoms with van der Waals surface area (Å²) < 4.78 is 20.3. The quantitative estimate of drug-likeness (QED) is 0.610. The molecule has 3 aliphatic rings. The highest BCUT2D eigenvalue weighted by atomic mass is 35.5. The molecule has 2 bridgehead atoms. The molecule has 2 fully saturated rings. The predicted octanol–water partition coefficient (Wildman–Crippen LogP) is 3.29. The van der Waals surface area contributed by atoms with Gasteiger partial charge in [-0.3, -0.25) is 9.59 Å². The standard InChI is InChI=1S/C26H29FN2O4.ClH/c27-22-11-17(26(32)29-19-6-7-20(29)15-33-14-19)5-8-21(22)24(30)9-10-25(31)23-12-16-3-1-2-4-18(16)13-28-23;/h1-5,8,11,19-20,23,25,28,31H,6-7,9-10,12-15H2;1H/t19?,20?,23-,25+;/m0./s1. The van der Waals surface area contributed by atoms with Gasteiger partial charge in [-0.25, -0.2) is 4.39 Å². The van der Waals surface area contributed by atoms with Crippen molar-refractivity contribution in [2.24, 2.45) is 0 Å². The highest BCUT2D eigenvalue weighted by Crippen LogP contribution is 2.30. The van der Waals surface area contributed by atoms with Gasteiger partial charge in [-0.1, -0.05) is 24.3 Å². The maximum Gasteiger partial charge on any atom is 0.254 e. The molecule has 0 radical (unpaired) electrons. The zero-order valence-electron chi connectivity index (χ0n) is 18.9. The first-order chi connectivity index (χ1) is 16.0. The van der Waals surface area contributed by atoms with Gasteiger partial charge in [-0.2, -0.15) is 0 Å². The molecule has 2 saturated heterocycles. The van der Waals surface area contributed by atoms with Crippen LogP contribution in [0.1, 0.15) is 57.5 Å². The molecule has 3 aliphatic heterocycles. The van der Waals surface area contributed by atoms with E-state index in [9.17, 15) is 19.1 Å². The number of ether oxygens (including phenoxy) is 1. The minimum Gasteiger partial charge on any atom is -0.391 e. The van der Waals surface area contributed by atoms with Crippen molar-refractivity contribution < 1.29 is 23.8 Å². The first-order valence-corrected chi connectivity index (χ1v) is 11.7. The molecule has 2 N–H and O–H groups in total. The van der Waals surface area contributed by atoms with Crippen LogP contribution in [-0.4, -0.2) is 59.1 Å². The summed E-state index contributed by atoms with van der Waals surface area (Å²) in [7, 11) is 0. The summed E-state index contributed by atoms with van der Waals surface area (Å²) in [5.74, 6) is -1.26. The first-order valence-electron chi connectivity index (χ1n) is 11.7. The third-order valence-electron chi connectivity index (χ3n) is 7.24. The van der Waals surface area contributed by atoms with E-state index < -0.39 is 11.9 Å². The number of amides is 1. The maximum atomic E-state index is 14.8. The molecular formula is C26H30ClFN2O4. The number of halogens is 2. The van der Waals surface area contributed by atoms with Crippen LogP contribution in [-0.2, 0) is 17.7 Å². The van der Waals surface area contributed by atoms with E-state index in [1.54, 1.807) is 0 Å². The molecule has 8 heteroatoms. The fourth-order valence-corrected chi connectivity index (χ4v) is 5.35. The number of hydrogen-bond acceptors (Lipinski definition) is 5. The molecule has 5 rings (SSSR count). The third-order valence-corrected chi connectivity index (χ3v) is 7.24. The van der Waals surface area contributed by atoms with Gasteiger partial charge in [0.25, 0.3) is 5.91 Å². The van der Waals surface area contributed by atoms with Crippen molar-refractivity contribution in [1.29, 1.82) is 0 Å². The number of rotatable bonds is 6. The van der Waals surface area contributed by atoms with Gasteiger partial charge in [0.1, 0.15) is 5.82 Å². The Kier molecular flexibility index (Phi) is 7.67. The number of hydrogen-bond donors (Lipinski definition) is 2. The number of aliphatic hydroxyl groups excluding tert-OH is 1. The normalized spacial score (nSPS) is 24.2. The molecule has 34 heavy (non-hydrogen) atoms. The summed E-state index contributed by atoms with van der Waals surface area (Å²) in [5, 5.41) is 13.9. The summed E-state index contributed by atoms with van der Waals surface area (Å²) >= 11 is 0. The molecular weight excluding hydrogens is 459 g/mol. The zero-order chi connectivity index (χ0) is 22.9. The Hall–Kier alpha value is -2.32. The van der Waals surface area contributed by atoms with Crippen LogP contribution in [0.2, 0.25) is 0 Å². The number of carbonyl (C=O) groups is 2. The van der Waals surface area contributed by atoms with Crippen molar-refractivity contribution in [1.82, 2.24) is 10.2 Å². The van der Waals surface area contributed by atoms with Crippen LogP contribution in [0.5, 0.6) is 0 Å². The van der Waals surface area contributed by atoms with E-state index in [1.807, 2.05) is 17.0 Å². The fourth-order valence-electron chi connectivity index (χ4n) is 5.35. The van der Waals surface area contributed by atoms with Gasteiger partial charge in [-0.15, -0.1) is 12.4 Å². The number of morpholine rings is 1. The number of carbonyl (C=O) groups excluding carboxylic acids is 2. The summed E-state index contributed by atoms with van der Waals surface area (Å²) in [4.78, 5) is 27.4. The van der Waals surface area contributed by atoms with E-state index in [2.05, 4.69) is 17.4 Å². The van der Waals surface area contributed by atoms with Crippen LogP contribution in [0.25, 0.3) is 0 Å². The highest BCUT2D eigenvalue weighted by Gasteiger charge is 2.40. The summed E-state index contributed by atoms with van der Waals surface area (Å²) in [6, 6.07) is 12.1. The topological polar surface area (TPSA) is 78.9 Å². The SMILES string of the molecule is Cl.O=C(CC[C@@H](O)[C@@H]1Cc2ccccc2CN1)c1ccc(C(=O)N2C3CCC2COC3)cc1F. The lowest BCUT2D eigenvalue weighted by Gasteiger charge is -2.34. The van der Waals surface area contributed by atoms with Gasteiger partial charge in [0.05, 0.1) is 37.0 Å². The number of fused-ring (bicyclic) bond motifs is 3. The predicted molar refractivity (Wildman–Crippen MR) is 128 cm³/mol. The molecule has 0 spiro atoms. The van der Waals surface area contributed by atoms with Gasteiger partial charge in [-0.05, 0) is 55.0 Å². The number of nitrogens with one attached hydrogen (secondary N) is 1. The highest BCUT2D eigenvalue weighted by molar-refractivity contribution is 5.99. The maximum absolute atomic E-state index is 14.8. The van der Waals surface area contributed by atoms with Crippen molar-refractivity contribution in [3.8, 4) is 0 Å². The Morgan fingerprint density at radius 2 is 1.82 bits per heavy atom. The molecule has 3 heterocycles. The van der Waals surface area contributed by atoms with Gasteiger partial charge in [0.15, 0.2) is 5.78 Å². The van der Waals surface area contributed by atoms with E-state index in [-0.39, 0.29) is 66.2 Å². The van der Waals surface area contributed by atoms with Gasteiger partial charge >= 0.3 is 0 Å². The Labute approximate surface area is 204 Å². The molecule has 2 unspecified atom stereocenters. The first kappa shape index (κ1) is 24.8. The average Bonchev–Trinajstić information content (AvgIpc) is 3.09. The van der Waals surface area contributed by atoms with Crippen LogP contribution in [0.4, 0.5) is 4.39 Å². The minimum absolute atomic E-state index is 0. The lowest BCUT2D eigenvalue weighted by molar-refractivity contribution is -0.00718. The second-order valence-corrected chi connectivity index (χ2v) is 9.32. The number of ketones is 1. The van der Waals surface area contributed by atoms with E-state index in [0.29, 0.717) is 26.2 Å². The van der Waals surface area contributed by atoms with Crippen LogP contribution in [0, 0.1) is 5.82 Å². The Bertz CT molecular complexity index is 1050. The van der Waals surface area contributed by atoms with Crippen molar-refractivity contribution >= 4 is 24.1 Å². The average molecular weight is 489 g/mol. The van der Waals surface area contributed by atoms with Crippen molar-refractivity contribution in [2.75, 3.05) is 13.2 Å². The number of benzene rings is 2. The molecule has 2 aromatic carbocycles. The van der Waals surface area contributed by atoms with E-state index in [1.165, 1.54) is 29.3 Å². The van der Waals surface area contributed by atoms with Gasteiger partial charge < -0.3 is 20.1 Å². The summed E-state index contributed by atoms with van der Waals surface area (Å²) in [5.41, 5.74) is 2.64. The lowest BCUT2D eigenvalue weighted by atomic mass is 9.90. The summed E-state index contributed by atoms with van der Waals surface area (Å²) in [6.45, 7) is 1.72. The van der Waals surface area contributed by atoms with Gasteiger partial charge in [0.2, 0.25) is 0 Å². The van der Waals surface area contributed by atoms with E-state index in [0.717, 1.165) is 12.8 Å². The Morgan fingerprint density at radius 1 is 1.12 bits per heavy atom. The second-order valence-electron chi connectivity index (χ2n) is 9.32. The van der Waals surface area contributed by atoms with Crippen molar-refractivity contribution in [3.63, 3.8) is 0 Å². The van der Waals surface area contributed by atoms with Crippen LogP contribution < -0.4 is 5.32 Å². The van der Waals surface area contributed by atoms with Crippen molar-refractivity contribution in [2.45, 2.75) is 62.9 Å². The van der Waals surface area contributed by atoms with Crippen LogP contribution >= 0.6 is 12.4 Å². The van der Waals surface area contributed by atoms with Gasteiger partial charge in [0, 0.05) is 24.6 Å². The van der Waals surface area contributed by atoms with E-state index in [4.69, 9.17) is 4.74 Å². The lowest BCUT2D eigenvalue weighted by Crippen LogP contribution is -2.49. The smallest absolute Gasteiger partial charge is 0.254 e. The van der Waals surface area contributed by atoms with E-state index >= 15 is 0 Å². The molecule has 1 amide bonds. The van der Waals surface area contributed by atoms with Crippen molar-refractivity contribution in [3.05, 3.63) is 70.5 Å².